The van der Waals surface area contributed by atoms with Gasteiger partial charge in [0.15, 0.2) is 0 Å². The molecule has 2 aromatic rings. The fourth-order valence-electron chi connectivity index (χ4n) is 1.23. The Morgan fingerprint density at radius 1 is 1.07 bits per heavy atom. The molecule has 0 amide bonds. The molecule has 3 heteroatoms. The van der Waals surface area contributed by atoms with Gasteiger partial charge < -0.3 is 20.0 Å². The third-order valence-electron chi connectivity index (χ3n) is 1.84. The van der Waals surface area contributed by atoms with Gasteiger partial charge >= 0.3 is 26.2 Å². The number of aromatic nitrogens is 1. The summed E-state index contributed by atoms with van der Waals surface area (Å²) in [6, 6.07) is 9.28. The SMILES string of the molecule is Cc1ccc2cccc(O)c2n1.[CH3-].[CH3-].[Zr+2]. The van der Waals surface area contributed by atoms with Crippen LogP contribution >= 0.6 is 0 Å². The van der Waals surface area contributed by atoms with Crippen molar-refractivity contribution >= 4 is 10.9 Å². The van der Waals surface area contributed by atoms with Crippen LogP contribution in [0.2, 0.25) is 0 Å². The second kappa shape index (κ2) is 6.73. The maximum absolute atomic E-state index is 9.43. The Kier molecular flexibility index (Phi) is 7.51. The van der Waals surface area contributed by atoms with E-state index in [0.29, 0.717) is 5.52 Å². The van der Waals surface area contributed by atoms with Crippen molar-refractivity contribution in [2.24, 2.45) is 0 Å². The van der Waals surface area contributed by atoms with Gasteiger partial charge in [-0.1, -0.05) is 18.2 Å². The minimum Gasteiger partial charge on any atom is -0.506 e. The van der Waals surface area contributed by atoms with Crippen LogP contribution in [0.15, 0.2) is 30.3 Å². The number of phenolic OH excluding ortho intramolecular Hbond substituents is 1. The molecule has 1 heterocycles. The van der Waals surface area contributed by atoms with Gasteiger partial charge in [-0.15, -0.1) is 0 Å². The van der Waals surface area contributed by atoms with Crippen molar-refractivity contribution in [2.75, 3.05) is 0 Å². The van der Waals surface area contributed by atoms with E-state index in [2.05, 4.69) is 4.98 Å². The summed E-state index contributed by atoms with van der Waals surface area (Å²) in [5.74, 6) is 0.246. The summed E-state index contributed by atoms with van der Waals surface area (Å²) < 4.78 is 0. The third kappa shape index (κ3) is 3.42. The first-order valence-corrected chi connectivity index (χ1v) is 3.83. The topological polar surface area (TPSA) is 33.1 Å². The van der Waals surface area contributed by atoms with E-state index in [1.165, 1.54) is 0 Å². The summed E-state index contributed by atoms with van der Waals surface area (Å²) in [6.07, 6.45) is 0. The van der Waals surface area contributed by atoms with Crippen LogP contribution in [0.4, 0.5) is 0 Å². The Labute approximate surface area is 110 Å². The third-order valence-corrected chi connectivity index (χ3v) is 1.84. The van der Waals surface area contributed by atoms with Crippen LogP contribution in [0.5, 0.6) is 5.75 Å². The number of rotatable bonds is 0. The average Bonchev–Trinajstić information content (AvgIpc) is 2.07. The summed E-state index contributed by atoms with van der Waals surface area (Å²) in [5, 5.41) is 10.4. The molecule has 15 heavy (non-hydrogen) atoms. The number of fused-ring (bicyclic) bond motifs is 1. The van der Waals surface area contributed by atoms with Gasteiger partial charge in [0, 0.05) is 11.1 Å². The molecule has 2 rings (SSSR count). The number of hydrogen-bond acceptors (Lipinski definition) is 2. The van der Waals surface area contributed by atoms with Gasteiger partial charge in [0.2, 0.25) is 0 Å². The fourth-order valence-corrected chi connectivity index (χ4v) is 1.23. The van der Waals surface area contributed by atoms with Crippen LogP contribution < -0.4 is 0 Å². The Hall–Kier alpha value is -0.687. The van der Waals surface area contributed by atoms with Crippen LogP contribution in [0.1, 0.15) is 5.69 Å². The van der Waals surface area contributed by atoms with Gasteiger partial charge in [0.1, 0.15) is 11.3 Å². The maximum atomic E-state index is 9.43. The summed E-state index contributed by atoms with van der Waals surface area (Å²) in [5.41, 5.74) is 1.60. The zero-order valence-electron chi connectivity index (χ0n) is 9.28. The second-order valence-corrected chi connectivity index (χ2v) is 2.80. The molecule has 0 saturated carbocycles. The first-order valence-electron chi connectivity index (χ1n) is 3.83. The van der Waals surface area contributed by atoms with E-state index in [1.807, 2.05) is 31.2 Å². The molecule has 1 N–H and O–H groups in total. The van der Waals surface area contributed by atoms with Crippen molar-refractivity contribution in [2.45, 2.75) is 6.92 Å². The minimum atomic E-state index is 0. The first kappa shape index (κ1) is 16.7. The van der Waals surface area contributed by atoms with E-state index >= 15 is 0 Å². The van der Waals surface area contributed by atoms with Gasteiger partial charge in [0.25, 0.3) is 0 Å². The van der Waals surface area contributed by atoms with Crippen molar-refractivity contribution in [1.29, 1.82) is 0 Å². The van der Waals surface area contributed by atoms with Crippen LogP contribution in [-0.4, -0.2) is 10.1 Å². The molecule has 1 aromatic heterocycles. The van der Waals surface area contributed by atoms with Crippen molar-refractivity contribution < 1.29 is 31.3 Å². The zero-order valence-corrected chi connectivity index (χ0v) is 11.7. The van der Waals surface area contributed by atoms with E-state index in [0.717, 1.165) is 11.1 Å². The molecule has 0 bridgehead atoms. The number of para-hydroxylation sites is 1. The molecule has 2 nitrogen and oxygen atoms in total. The molecule has 0 spiro atoms. The quantitative estimate of drug-likeness (QED) is 0.752. The summed E-state index contributed by atoms with van der Waals surface area (Å²) in [4.78, 5) is 4.23. The molecule has 0 unspecified atom stereocenters. The van der Waals surface area contributed by atoms with E-state index in [9.17, 15) is 5.11 Å². The number of pyridine rings is 1. The standard InChI is InChI=1S/C10H9NO.2CH3.Zr/c1-7-5-6-8-3-2-4-9(12)10(8)11-7;;;/h2-6,12H,1H3;2*1H3;/q;2*-1;+2. The zero-order chi connectivity index (χ0) is 8.55. The molecule has 0 aliphatic heterocycles. The summed E-state index contributed by atoms with van der Waals surface area (Å²) in [6.45, 7) is 1.91. The Morgan fingerprint density at radius 3 is 2.40 bits per heavy atom. The molecule has 0 aliphatic carbocycles. The molecule has 78 valence electrons. The van der Waals surface area contributed by atoms with Crippen molar-refractivity contribution in [3.05, 3.63) is 50.9 Å². The number of nitrogens with zero attached hydrogens (tertiary/aromatic N) is 1. The van der Waals surface area contributed by atoms with Gasteiger partial charge in [0.05, 0.1) is 0 Å². The number of aryl methyl sites for hydroxylation is 1. The van der Waals surface area contributed by atoms with E-state index in [4.69, 9.17) is 0 Å². The van der Waals surface area contributed by atoms with Crippen LogP contribution in [0, 0.1) is 21.8 Å². The van der Waals surface area contributed by atoms with Crippen LogP contribution in [0.25, 0.3) is 10.9 Å². The Morgan fingerprint density at radius 2 is 1.73 bits per heavy atom. The van der Waals surface area contributed by atoms with E-state index in [1.54, 1.807) is 6.07 Å². The minimum absolute atomic E-state index is 0. The molecular weight excluding hydrogens is 265 g/mol. The smallest absolute Gasteiger partial charge is 0.506 e. The van der Waals surface area contributed by atoms with E-state index < -0.39 is 0 Å². The van der Waals surface area contributed by atoms with Gasteiger partial charge in [-0.25, -0.2) is 4.98 Å². The van der Waals surface area contributed by atoms with Crippen molar-refractivity contribution in [3.8, 4) is 5.75 Å². The van der Waals surface area contributed by atoms with Crippen LogP contribution in [-0.2, 0) is 26.2 Å². The molecule has 1 aromatic carbocycles. The van der Waals surface area contributed by atoms with Gasteiger partial charge in [-0.05, 0) is 19.1 Å². The molecular formula is C12H15NOZr. The number of hydrogen-bond donors (Lipinski definition) is 1. The second-order valence-electron chi connectivity index (χ2n) is 2.80. The Bertz CT molecular complexity index is 429. The normalized spacial score (nSPS) is 8.33. The molecule has 0 aliphatic rings. The predicted octanol–water partition coefficient (Wildman–Crippen LogP) is 3.15. The number of benzene rings is 1. The molecule has 0 atom stereocenters. The fraction of sp³-hybridized carbons (Fsp3) is 0.0833. The van der Waals surface area contributed by atoms with Crippen molar-refractivity contribution in [3.63, 3.8) is 0 Å². The number of aromatic hydroxyl groups is 1. The van der Waals surface area contributed by atoms with Crippen LogP contribution in [0.3, 0.4) is 0 Å². The molecule has 0 saturated heterocycles. The first-order chi connectivity index (χ1) is 5.77. The van der Waals surface area contributed by atoms with Gasteiger partial charge in [-0.2, -0.15) is 0 Å². The molecule has 0 fully saturated rings. The van der Waals surface area contributed by atoms with Gasteiger partial charge in [-0.3, -0.25) is 0 Å². The summed E-state index contributed by atoms with van der Waals surface area (Å²) >= 11 is 0. The summed E-state index contributed by atoms with van der Waals surface area (Å²) in [7, 11) is 0. The molecule has 0 radical (unpaired) electrons. The van der Waals surface area contributed by atoms with E-state index in [-0.39, 0.29) is 46.8 Å². The Balaban J connectivity index is 0. The largest absolute Gasteiger partial charge is 2.00 e. The number of phenols is 1. The van der Waals surface area contributed by atoms with Crippen molar-refractivity contribution in [1.82, 2.24) is 4.98 Å². The predicted molar refractivity (Wildman–Crippen MR) is 61.0 cm³/mol. The average molecular weight is 280 g/mol. The maximum Gasteiger partial charge on any atom is 2.00 e. The monoisotopic (exact) mass is 279 g/mol.